The summed E-state index contributed by atoms with van der Waals surface area (Å²) >= 11 is 0. The molecule has 0 aliphatic carbocycles. The van der Waals surface area contributed by atoms with E-state index in [9.17, 15) is 18.4 Å². The first-order valence-corrected chi connectivity index (χ1v) is 7.15. The minimum absolute atomic E-state index is 0.127. The van der Waals surface area contributed by atoms with Crippen molar-refractivity contribution in [2.45, 2.75) is 26.6 Å². The molecule has 3 aromatic rings. The summed E-state index contributed by atoms with van der Waals surface area (Å²) in [6, 6.07) is 3.81. The van der Waals surface area contributed by atoms with Crippen molar-refractivity contribution < 1.29 is 13.5 Å². The molecule has 0 radical (unpaired) electrons. The molecule has 0 aliphatic heterocycles. The number of aryl methyl sites for hydroxylation is 2. The summed E-state index contributed by atoms with van der Waals surface area (Å²) in [7, 11) is 0. The van der Waals surface area contributed by atoms with E-state index in [1.54, 1.807) is 17.1 Å². The Balaban J connectivity index is 1.94. The quantitative estimate of drug-likeness (QED) is 0.765. The van der Waals surface area contributed by atoms with Gasteiger partial charge in [-0.2, -0.15) is 13.9 Å². The molecule has 0 fully saturated rings. The highest BCUT2D eigenvalue weighted by molar-refractivity contribution is 5.78. The van der Waals surface area contributed by atoms with E-state index >= 15 is 0 Å². The monoisotopic (exact) mass is 336 g/mol. The third-order valence-electron chi connectivity index (χ3n) is 3.49. The number of ether oxygens (including phenoxy) is 1. The molecule has 9 heteroatoms. The number of nitrogens with zero attached hydrogens (tertiary/aromatic N) is 3. The maximum absolute atomic E-state index is 12.4. The molecule has 0 unspecified atom stereocenters. The zero-order chi connectivity index (χ0) is 17.3. The van der Waals surface area contributed by atoms with Gasteiger partial charge in [0.1, 0.15) is 5.75 Å². The predicted molar refractivity (Wildman–Crippen MR) is 82.4 cm³/mol. The fourth-order valence-corrected chi connectivity index (χ4v) is 2.40. The van der Waals surface area contributed by atoms with Crippen LogP contribution >= 0.6 is 0 Å². The van der Waals surface area contributed by atoms with E-state index in [4.69, 9.17) is 0 Å². The number of alkyl halides is 2. The van der Waals surface area contributed by atoms with Crippen molar-refractivity contribution in [2.24, 2.45) is 0 Å². The lowest BCUT2D eigenvalue weighted by Crippen LogP contribution is -2.36. The van der Waals surface area contributed by atoms with E-state index in [1.165, 1.54) is 18.2 Å². The van der Waals surface area contributed by atoms with Crippen molar-refractivity contribution >= 4 is 10.9 Å². The fraction of sp³-hybridized carbons (Fsp3) is 0.267. The number of hydrogen-bond donors (Lipinski definition) is 1. The van der Waals surface area contributed by atoms with Gasteiger partial charge in [-0.05, 0) is 24.6 Å². The highest BCUT2D eigenvalue weighted by Gasteiger charge is 2.11. The summed E-state index contributed by atoms with van der Waals surface area (Å²) in [6.45, 7) is -0.598. The van der Waals surface area contributed by atoms with Crippen molar-refractivity contribution in [2.75, 3.05) is 0 Å². The number of aromatic amines is 1. The highest BCUT2D eigenvalue weighted by atomic mass is 19.3. The van der Waals surface area contributed by atoms with E-state index in [2.05, 4.69) is 14.8 Å². The third kappa shape index (κ3) is 3.19. The van der Waals surface area contributed by atoms with Crippen LogP contribution in [0.4, 0.5) is 8.78 Å². The normalized spacial score (nSPS) is 11.3. The molecule has 0 saturated heterocycles. The van der Waals surface area contributed by atoms with Crippen LogP contribution in [0.15, 0.2) is 40.2 Å². The molecule has 0 saturated carbocycles. The Bertz CT molecular complexity index is 990. The predicted octanol–water partition coefficient (Wildman–Crippen LogP) is 1.50. The van der Waals surface area contributed by atoms with Gasteiger partial charge in [0.25, 0.3) is 5.56 Å². The lowest BCUT2D eigenvalue weighted by atomic mass is 10.2. The minimum Gasteiger partial charge on any atom is -0.435 e. The van der Waals surface area contributed by atoms with Gasteiger partial charge in [-0.1, -0.05) is 0 Å². The standard InChI is InChI=1S/C15H14F2N4O3/c1-9-7-18-20(8-9)4-5-21-13(22)11-3-2-10(24-14(16)17)6-12(11)19-15(21)23/h2-3,6-8,14H,4-5H2,1H3,(H,19,23). The second kappa shape index (κ2) is 6.26. The molecule has 2 heterocycles. The van der Waals surface area contributed by atoms with E-state index in [-0.39, 0.29) is 23.2 Å². The maximum Gasteiger partial charge on any atom is 0.387 e. The van der Waals surface area contributed by atoms with Gasteiger partial charge >= 0.3 is 12.3 Å². The third-order valence-corrected chi connectivity index (χ3v) is 3.49. The van der Waals surface area contributed by atoms with Crippen molar-refractivity contribution in [3.63, 3.8) is 0 Å². The Kier molecular flexibility index (Phi) is 4.15. The largest absolute Gasteiger partial charge is 0.435 e. The summed E-state index contributed by atoms with van der Waals surface area (Å²) < 4.78 is 31.4. The Morgan fingerprint density at radius 3 is 2.75 bits per heavy atom. The Morgan fingerprint density at radius 1 is 1.29 bits per heavy atom. The summed E-state index contributed by atoms with van der Waals surface area (Å²) in [6.07, 6.45) is 3.48. The summed E-state index contributed by atoms with van der Waals surface area (Å²) in [5.74, 6) is -0.127. The molecule has 126 valence electrons. The van der Waals surface area contributed by atoms with Gasteiger partial charge in [0.05, 0.1) is 30.2 Å². The second-order valence-electron chi connectivity index (χ2n) is 5.25. The molecular formula is C15H14F2N4O3. The molecular weight excluding hydrogens is 322 g/mol. The fourth-order valence-electron chi connectivity index (χ4n) is 2.40. The SMILES string of the molecule is Cc1cnn(CCn2c(=O)[nH]c3cc(OC(F)F)ccc3c2=O)c1. The molecule has 0 spiro atoms. The van der Waals surface area contributed by atoms with E-state index in [0.29, 0.717) is 6.54 Å². The van der Waals surface area contributed by atoms with Gasteiger partial charge in [0, 0.05) is 12.3 Å². The average Bonchev–Trinajstić information content (AvgIpc) is 2.91. The molecule has 24 heavy (non-hydrogen) atoms. The smallest absolute Gasteiger partial charge is 0.387 e. The van der Waals surface area contributed by atoms with Crippen LogP contribution in [-0.4, -0.2) is 25.9 Å². The summed E-state index contributed by atoms with van der Waals surface area (Å²) in [5.41, 5.74) is 0.00228. The van der Waals surface area contributed by atoms with Gasteiger partial charge in [-0.15, -0.1) is 0 Å². The number of halogens is 2. The van der Waals surface area contributed by atoms with Crippen LogP contribution in [0.3, 0.4) is 0 Å². The maximum atomic E-state index is 12.4. The molecule has 1 aromatic carbocycles. The van der Waals surface area contributed by atoms with Crippen molar-refractivity contribution in [1.82, 2.24) is 19.3 Å². The molecule has 0 aliphatic rings. The van der Waals surface area contributed by atoms with Crippen LogP contribution in [0.1, 0.15) is 5.56 Å². The molecule has 0 amide bonds. The first kappa shape index (κ1) is 15.9. The van der Waals surface area contributed by atoms with Gasteiger partial charge < -0.3 is 9.72 Å². The lowest BCUT2D eigenvalue weighted by Gasteiger charge is -2.08. The Morgan fingerprint density at radius 2 is 2.08 bits per heavy atom. The number of H-pyrrole nitrogens is 1. The first-order chi connectivity index (χ1) is 11.4. The Hall–Kier alpha value is -2.97. The highest BCUT2D eigenvalue weighted by Crippen LogP contribution is 2.18. The molecule has 1 N–H and O–H groups in total. The summed E-state index contributed by atoms with van der Waals surface area (Å²) in [4.78, 5) is 27.0. The van der Waals surface area contributed by atoms with Crippen molar-refractivity contribution in [1.29, 1.82) is 0 Å². The van der Waals surface area contributed by atoms with Crippen LogP contribution in [0.2, 0.25) is 0 Å². The van der Waals surface area contributed by atoms with Crippen LogP contribution in [-0.2, 0) is 13.1 Å². The number of benzene rings is 1. The van der Waals surface area contributed by atoms with Crippen LogP contribution in [0.25, 0.3) is 10.9 Å². The van der Waals surface area contributed by atoms with E-state index < -0.39 is 17.9 Å². The topological polar surface area (TPSA) is 81.9 Å². The lowest BCUT2D eigenvalue weighted by molar-refractivity contribution is -0.0497. The number of fused-ring (bicyclic) bond motifs is 1. The average molecular weight is 336 g/mol. The number of aromatic nitrogens is 4. The zero-order valence-electron chi connectivity index (χ0n) is 12.7. The minimum atomic E-state index is -2.98. The van der Waals surface area contributed by atoms with E-state index in [0.717, 1.165) is 10.1 Å². The molecule has 3 rings (SSSR count). The summed E-state index contributed by atoms with van der Waals surface area (Å²) in [5, 5.41) is 4.31. The molecule has 2 aromatic heterocycles. The van der Waals surface area contributed by atoms with Crippen LogP contribution in [0, 0.1) is 6.92 Å². The molecule has 0 atom stereocenters. The van der Waals surface area contributed by atoms with Crippen LogP contribution < -0.4 is 16.0 Å². The van der Waals surface area contributed by atoms with Gasteiger partial charge in [-0.3, -0.25) is 14.0 Å². The van der Waals surface area contributed by atoms with Crippen molar-refractivity contribution in [3.8, 4) is 5.75 Å². The number of hydrogen-bond acceptors (Lipinski definition) is 4. The van der Waals surface area contributed by atoms with E-state index in [1.807, 2.05) is 6.92 Å². The van der Waals surface area contributed by atoms with Crippen molar-refractivity contribution in [3.05, 3.63) is 57.0 Å². The molecule has 7 nitrogen and oxygen atoms in total. The van der Waals surface area contributed by atoms with Gasteiger partial charge in [0.2, 0.25) is 0 Å². The number of rotatable bonds is 5. The Labute approximate surface area is 134 Å². The number of nitrogens with one attached hydrogen (secondary N) is 1. The van der Waals surface area contributed by atoms with Gasteiger partial charge in [-0.25, -0.2) is 4.79 Å². The second-order valence-corrected chi connectivity index (χ2v) is 5.25. The zero-order valence-corrected chi connectivity index (χ0v) is 12.7. The first-order valence-electron chi connectivity index (χ1n) is 7.15. The molecule has 0 bridgehead atoms. The van der Waals surface area contributed by atoms with Crippen LogP contribution in [0.5, 0.6) is 5.75 Å². The van der Waals surface area contributed by atoms with Gasteiger partial charge in [0.15, 0.2) is 0 Å².